The van der Waals surface area contributed by atoms with Gasteiger partial charge in [-0.1, -0.05) is 18.1 Å². The van der Waals surface area contributed by atoms with Gasteiger partial charge < -0.3 is 14.0 Å². The quantitative estimate of drug-likeness (QED) is 0.673. The van der Waals surface area contributed by atoms with Crippen molar-refractivity contribution in [3.63, 3.8) is 0 Å². The summed E-state index contributed by atoms with van der Waals surface area (Å²) in [5.74, 6) is 2.23. The maximum Gasteiger partial charge on any atom is 0.241 e. The van der Waals surface area contributed by atoms with Crippen molar-refractivity contribution in [3.8, 4) is 22.9 Å². The third-order valence-electron chi connectivity index (χ3n) is 4.22. The maximum atomic E-state index is 13.0. The van der Waals surface area contributed by atoms with E-state index in [1.54, 1.807) is 12.1 Å². The molecule has 0 radical (unpaired) electrons. The van der Waals surface area contributed by atoms with Gasteiger partial charge in [-0.2, -0.15) is 4.98 Å². The van der Waals surface area contributed by atoms with Crippen LogP contribution in [0.5, 0.6) is 11.5 Å². The molecule has 1 aromatic heterocycles. The minimum absolute atomic E-state index is 0.268. The lowest BCUT2D eigenvalue weighted by Crippen LogP contribution is -2.22. The molecule has 4 rings (SSSR count). The molecule has 26 heavy (non-hydrogen) atoms. The van der Waals surface area contributed by atoms with Crippen molar-refractivity contribution in [2.45, 2.75) is 20.0 Å². The zero-order valence-corrected chi connectivity index (χ0v) is 14.3. The van der Waals surface area contributed by atoms with Crippen molar-refractivity contribution >= 4 is 0 Å². The van der Waals surface area contributed by atoms with Crippen molar-refractivity contribution in [2.75, 3.05) is 13.3 Å². The molecule has 6 nitrogen and oxygen atoms in total. The summed E-state index contributed by atoms with van der Waals surface area (Å²) in [5, 5.41) is 3.99. The molecule has 0 amide bonds. The van der Waals surface area contributed by atoms with Crippen LogP contribution in [0, 0.1) is 5.82 Å². The van der Waals surface area contributed by atoms with Crippen LogP contribution in [0.15, 0.2) is 47.0 Å². The van der Waals surface area contributed by atoms with E-state index in [-0.39, 0.29) is 12.6 Å². The number of nitrogens with zero attached hydrogens (tertiary/aromatic N) is 3. The third-order valence-corrected chi connectivity index (χ3v) is 4.22. The zero-order chi connectivity index (χ0) is 17.9. The monoisotopic (exact) mass is 355 g/mol. The molecule has 0 saturated carbocycles. The third kappa shape index (κ3) is 3.52. The Morgan fingerprint density at radius 1 is 1.04 bits per heavy atom. The van der Waals surface area contributed by atoms with Crippen LogP contribution in [0.4, 0.5) is 4.39 Å². The SMILES string of the molecule is CCN(Cc1ccc2c(c1)OCO2)Cc1nc(-c2ccc(F)cc2)no1. The molecule has 0 saturated heterocycles. The predicted octanol–water partition coefficient (Wildman–Crippen LogP) is 3.63. The van der Waals surface area contributed by atoms with Crippen molar-refractivity contribution in [1.82, 2.24) is 15.0 Å². The first-order chi connectivity index (χ1) is 12.7. The van der Waals surface area contributed by atoms with Crippen LogP contribution < -0.4 is 9.47 Å². The summed E-state index contributed by atoms with van der Waals surface area (Å²) in [7, 11) is 0. The molecule has 1 aliphatic heterocycles. The Hall–Kier alpha value is -2.93. The molecule has 0 aliphatic carbocycles. The van der Waals surface area contributed by atoms with E-state index in [2.05, 4.69) is 22.0 Å². The molecule has 3 aromatic rings. The van der Waals surface area contributed by atoms with Crippen LogP contribution in [0.2, 0.25) is 0 Å². The molecule has 0 bridgehead atoms. The number of rotatable bonds is 6. The number of hydrogen-bond acceptors (Lipinski definition) is 6. The Morgan fingerprint density at radius 2 is 1.85 bits per heavy atom. The van der Waals surface area contributed by atoms with Gasteiger partial charge in [0.2, 0.25) is 18.5 Å². The first-order valence-electron chi connectivity index (χ1n) is 8.40. The van der Waals surface area contributed by atoms with Crippen molar-refractivity contribution in [3.05, 3.63) is 59.7 Å². The average Bonchev–Trinajstić information content (AvgIpc) is 3.30. The van der Waals surface area contributed by atoms with E-state index in [9.17, 15) is 4.39 Å². The van der Waals surface area contributed by atoms with Crippen molar-refractivity contribution in [1.29, 1.82) is 0 Å². The van der Waals surface area contributed by atoms with Gasteiger partial charge >= 0.3 is 0 Å². The van der Waals surface area contributed by atoms with Crippen LogP contribution >= 0.6 is 0 Å². The summed E-state index contributed by atoms with van der Waals surface area (Å²) in [6, 6.07) is 12.0. The number of halogens is 1. The van der Waals surface area contributed by atoms with E-state index in [1.807, 2.05) is 18.2 Å². The minimum Gasteiger partial charge on any atom is -0.454 e. The second kappa shape index (κ2) is 7.13. The molecular weight excluding hydrogens is 337 g/mol. The lowest BCUT2D eigenvalue weighted by molar-refractivity contribution is 0.174. The first-order valence-corrected chi connectivity index (χ1v) is 8.40. The van der Waals surface area contributed by atoms with Gasteiger partial charge in [0.1, 0.15) is 5.82 Å². The molecule has 0 spiro atoms. The highest BCUT2D eigenvalue weighted by molar-refractivity contribution is 5.53. The molecule has 7 heteroatoms. The first kappa shape index (κ1) is 16.5. The Labute approximate surface area is 150 Å². The average molecular weight is 355 g/mol. The number of benzene rings is 2. The summed E-state index contributed by atoms with van der Waals surface area (Å²) < 4.78 is 29.1. The van der Waals surface area contributed by atoms with Crippen LogP contribution in [-0.2, 0) is 13.1 Å². The molecule has 134 valence electrons. The second-order valence-corrected chi connectivity index (χ2v) is 6.01. The molecule has 2 aromatic carbocycles. The molecule has 0 N–H and O–H groups in total. The topological polar surface area (TPSA) is 60.6 Å². The van der Waals surface area contributed by atoms with E-state index >= 15 is 0 Å². The molecule has 0 atom stereocenters. The van der Waals surface area contributed by atoms with Crippen LogP contribution in [0.1, 0.15) is 18.4 Å². The van der Waals surface area contributed by atoms with Gasteiger partial charge in [-0.05, 0) is 48.5 Å². The van der Waals surface area contributed by atoms with Crippen LogP contribution in [0.25, 0.3) is 11.4 Å². The highest BCUT2D eigenvalue weighted by Gasteiger charge is 2.16. The van der Waals surface area contributed by atoms with Gasteiger partial charge in [0, 0.05) is 12.1 Å². The number of hydrogen-bond donors (Lipinski definition) is 0. The molecule has 0 fully saturated rings. The molecule has 0 unspecified atom stereocenters. The lowest BCUT2D eigenvalue weighted by Gasteiger charge is -2.18. The fraction of sp³-hybridized carbons (Fsp3) is 0.263. The van der Waals surface area contributed by atoms with Crippen LogP contribution in [0.3, 0.4) is 0 Å². The highest BCUT2D eigenvalue weighted by atomic mass is 19.1. The summed E-state index contributed by atoms with van der Waals surface area (Å²) in [6.07, 6.45) is 0. The van der Waals surface area contributed by atoms with E-state index in [0.717, 1.165) is 35.7 Å². The summed E-state index contributed by atoms with van der Waals surface area (Å²) >= 11 is 0. The van der Waals surface area contributed by atoms with E-state index in [4.69, 9.17) is 14.0 Å². The van der Waals surface area contributed by atoms with E-state index in [0.29, 0.717) is 18.3 Å². The van der Waals surface area contributed by atoms with Gasteiger partial charge in [-0.15, -0.1) is 0 Å². The second-order valence-electron chi connectivity index (χ2n) is 6.01. The number of fused-ring (bicyclic) bond motifs is 1. The fourth-order valence-electron chi connectivity index (χ4n) is 2.80. The lowest BCUT2D eigenvalue weighted by atomic mass is 10.2. The number of ether oxygens (including phenoxy) is 2. The summed E-state index contributed by atoms with van der Waals surface area (Å²) in [6.45, 7) is 4.41. The summed E-state index contributed by atoms with van der Waals surface area (Å²) in [4.78, 5) is 6.59. The van der Waals surface area contributed by atoms with Crippen molar-refractivity contribution < 1.29 is 18.4 Å². The molecule has 2 heterocycles. The minimum atomic E-state index is -0.293. The maximum absolute atomic E-state index is 13.0. The Bertz CT molecular complexity index is 895. The van der Waals surface area contributed by atoms with E-state index < -0.39 is 0 Å². The van der Waals surface area contributed by atoms with Gasteiger partial charge in [-0.3, -0.25) is 4.90 Å². The Balaban J connectivity index is 1.44. The molecule has 1 aliphatic rings. The normalized spacial score (nSPS) is 12.7. The largest absolute Gasteiger partial charge is 0.454 e. The fourth-order valence-corrected chi connectivity index (χ4v) is 2.80. The zero-order valence-electron chi connectivity index (χ0n) is 14.3. The van der Waals surface area contributed by atoms with Crippen molar-refractivity contribution in [2.24, 2.45) is 0 Å². The predicted molar refractivity (Wildman–Crippen MR) is 92.0 cm³/mol. The molecular formula is C19H18FN3O3. The standard InChI is InChI=1S/C19H18FN3O3/c1-2-23(10-13-3-8-16-17(9-13)25-12-24-16)11-18-21-19(22-26-18)14-4-6-15(20)7-5-14/h3-9H,2,10-12H2,1H3. The summed E-state index contributed by atoms with van der Waals surface area (Å²) in [5.41, 5.74) is 1.84. The smallest absolute Gasteiger partial charge is 0.241 e. The Kier molecular flexibility index (Phi) is 4.53. The van der Waals surface area contributed by atoms with Crippen LogP contribution in [-0.4, -0.2) is 28.4 Å². The number of aromatic nitrogens is 2. The van der Waals surface area contributed by atoms with Gasteiger partial charge in [0.25, 0.3) is 0 Å². The van der Waals surface area contributed by atoms with Gasteiger partial charge in [0.15, 0.2) is 11.5 Å². The highest BCUT2D eigenvalue weighted by Crippen LogP contribution is 2.32. The van der Waals surface area contributed by atoms with E-state index in [1.165, 1.54) is 12.1 Å². The van der Waals surface area contributed by atoms with Gasteiger partial charge in [-0.25, -0.2) is 4.39 Å². The Morgan fingerprint density at radius 3 is 2.65 bits per heavy atom. The van der Waals surface area contributed by atoms with Gasteiger partial charge in [0.05, 0.1) is 6.54 Å².